The fourth-order valence-corrected chi connectivity index (χ4v) is 2.03. The van der Waals surface area contributed by atoms with Crippen LogP contribution in [0.2, 0.25) is 0 Å². The van der Waals surface area contributed by atoms with Gasteiger partial charge in [0, 0.05) is 19.6 Å². The minimum atomic E-state index is -0.424. The van der Waals surface area contributed by atoms with Gasteiger partial charge in [-0.05, 0) is 19.4 Å². The van der Waals surface area contributed by atoms with Crippen molar-refractivity contribution in [2.45, 2.75) is 25.9 Å². The van der Waals surface area contributed by atoms with E-state index in [4.69, 9.17) is 0 Å². The molecule has 1 aliphatic heterocycles. The standard InChI is InChI=1S/C13H18N2O/c1-13(2)12(16)15(9-8-14-13)10-11-6-4-3-5-7-11/h3-7,14H,8-10H2,1-2H3. The van der Waals surface area contributed by atoms with Crippen molar-refractivity contribution >= 4 is 5.91 Å². The van der Waals surface area contributed by atoms with Crippen LogP contribution in [0.4, 0.5) is 0 Å². The van der Waals surface area contributed by atoms with Gasteiger partial charge in [0.1, 0.15) is 0 Å². The normalized spacial score (nSPS) is 19.9. The van der Waals surface area contributed by atoms with E-state index in [1.54, 1.807) is 0 Å². The highest BCUT2D eigenvalue weighted by atomic mass is 16.2. The highest BCUT2D eigenvalue weighted by Gasteiger charge is 2.34. The number of carbonyl (C=O) groups excluding carboxylic acids is 1. The predicted molar refractivity (Wildman–Crippen MR) is 63.9 cm³/mol. The third-order valence-electron chi connectivity index (χ3n) is 2.99. The highest BCUT2D eigenvalue weighted by molar-refractivity contribution is 5.86. The maximum atomic E-state index is 12.1. The summed E-state index contributed by atoms with van der Waals surface area (Å²) in [5, 5.41) is 3.23. The van der Waals surface area contributed by atoms with Gasteiger partial charge in [-0.3, -0.25) is 4.79 Å². The van der Waals surface area contributed by atoms with Crippen molar-refractivity contribution in [2.75, 3.05) is 13.1 Å². The van der Waals surface area contributed by atoms with E-state index in [-0.39, 0.29) is 5.91 Å². The quantitative estimate of drug-likeness (QED) is 0.813. The number of nitrogens with zero attached hydrogens (tertiary/aromatic N) is 1. The molecule has 1 aromatic carbocycles. The van der Waals surface area contributed by atoms with Crippen molar-refractivity contribution in [1.29, 1.82) is 0 Å². The predicted octanol–water partition coefficient (Wildman–Crippen LogP) is 1.40. The Kier molecular flexibility index (Phi) is 2.97. The lowest BCUT2D eigenvalue weighted by molar-refractivity contribution is -0.140. The van der Waals surface area contributed by atoms with E-state index in [9.17, 15) is 4.79 Å². The van der Waals surface area contributed by atoms with Crippen LogP contribution < -0.4 is 5.32 Å². The number of amides is 1. The molecule has 0 radical (unpaired) electrons. The van der Waals surface area contributed by atoms with E-state index < -0.39 is 5.54 Å². The molecule has 1 aliphatic rings. The molecule has 0 unspecified atom stereocenters. The zero-order chi connectivity index (χ0) is 11.6. The molecule has 0 atom stereocenters. The molecule has 1 aromatic rings. The monoisotopic (exact) mass is 218 g/mol. The molecule has 0 saturated carbocycles. The van der Waals surface area contributed by atoms with Crippen LogP contribution in [0.1, 0.15) is 19.4 Å². The molecule has 1 heterocycles. The van der Waals surface area contributed by atoms with E-state index >= 15 is 0 Å². The maximum absolute atomic E-state index is 12.1. The number of rotatable bonds is 2. The molecule has 0 aromatic heterocycles. The molecule has 3 heteroatoms. The van der Waals surface area contributed by atoms with Gasteiger partial charge in [0.25, 0.3) is 0 Å². The Balaban J connectivity index is 2.08. The van der Waals surface area contributed by atoms with Crippen molar-refractivity contribution in [1.82, 2.24) is 10.2 Å². The summed E-state index contributed by atoms with van der Waals surface area (Å²) in [6, 6.07) is 10.1. The molecule has 3 nitrogen and oxygen atoms in total. The Morgan fingerprint density at radius 2 is 2.00 bits per heavy atom. The molecule has 16 heavy (non-hydrogen) atoms. The second-order valence-corrected chi connectivity index (χ2v) is 4.76. The third kappa shape index (κ3) is 2.25. The molecular formula is C13H18N2O. The Morgan fingerprint density at radius 3 is 2.69 bits per heavy atom. The average Bonchev–Trinajstić information content (AvgIpc) is 2.26. The zero-order valence-corrected chi connectivity index (χ0v) is 9.86. The van der Waals surface area contributed by atoms with Gasteiger partial charge < -0.3 is 10.2 Å². The Hall–Kier alpha value is -1.35. The van der Waals surface area contributed by atoms with E-state index in [0.29, 0.717) is 6.54 Å². The first kappa shape index (κ1) is 11.1. The molecule has 0 spiro atoms. The molecule has 1 fully saturated rings. The first-order valence-corrected chi connectivity index (χ1v) is 5.68. The lowest BCUT2D eigenvalue weighted by Crippen LogP contribution is -2.60. The molecule has 0 bridgehead atoms. The Morgan fingerprint density at radius 1 is 1.31 bits per heavy atom. The van der Waals surface area contributed by atoms with Gasteiger partial charge >= 0.3 is 0 Å². The number of carbonyl (C=O) groups is 1. The summed E-state index contributed by atoms with van der Waals surface area (Å²) in [7, 11) is 0. The van der Waals surface area contributed by atoms with Crippen LogP contribution in [-0.4, -0.2) is 29.4 Å². The van der Waals surface area contributed by atoms with Gasteiger partial charge in [-0.15, -0.1) is 0 Å². The molecular weight excluding hydrogens is 200 g/mol. The highest BCUT2D eigenvalue weighted by Crippen LogP contribution is 2.15. The van der Waals surface area contributed by atoms with Crippen LogP contribution in [0.25, 0.3) is 0 Å². The van der Waals surface area contributed by atoms with Crippen LogP contribution >= 0.6 is 0 Å². The fraction of sp³-hybridized carbons (Fsp3) is 0.462. The third-order valence-corrected chi connectivity index (χ3v) is 2.99. The van der Waals surface area contributed by atoms with E-state index in [1.807, 2.05) is 36.9 Å². The van der Waals surface area contributed by atoms with Crippen LogP contribution in [0, 0.1) is 0 Å². The smallest absolute Gasteiger partial charge is 0.242 e. The number of hydrogen-bond donors (Lipinski definition) is 1. The number of nitrogens with one attached hydrogen (secondary N) is 1. The summed E-state index contributed by atoms with van der Waals surface area (Å²) in [5.74, 6) is 0.183. The van der Waals surface area contributed by atoms with Crippen LogP contribution in [0.15, 0.2) is 30.3 Å². The number of hydrogen-bond acceptors (Lipinski definition) is 2. The summed E-state index contributed by atoms with van der Waals surface area (Å²) >= 11 is 0. The number of benzene rings is 1. The van der Waals surface area contributed by atoms with Gasteiger partial charge in [0.15, 0.2) is 0 Å². The van der Waals surface area contributed by atoms with Crippen LogP contribution in [0.3, 0.4) is 0 Å². The van der Waals surface area contributed by atoms with Crippen molar-refractivity contribution in [3.8, 4) is 0 Å². The molecule has 1 amide bonds. The van der Waals surface area contributed by atoms with Crippen molar-refractivity contribution in [3.05, 3.63) is 35.9 Å². The minimum Gasteiger partial charge on any atom is -0.336 e. The number of piperazine rings is 1. The molecule has 0 aliphatic carbocycles. The van der Waals surface area contributed by atoms with Crippen molar-refractivity contribution < 1.29 is 4.79 Å². The van der Waals surface area contributed by atoms with Crippen molar-refractivity contribution in [2.24, 2.45) is 0 Å². The summed E-state index contributed by atoms with van der Waals surface area (Å²) < 4.78 is 0. The topological polar surface area (TPSA) is 32.3 Å². The van der Waals surface area contributed by atoms with Crippen molar-refractivity contribution in [3.63, 3.8) is 0 Å². The van der Waals surface area contributed by atoms with Gasteiger partial charge in [0.05, 0.1) is 5.54 Å². The molecule has 1 saturated heterocycles. The van der Waals surface area contributed by atoms with Gasteiger partial charge in [-0.1, -0.05) is 30.3 Å². The Labute approximate surface area is 96.5 Å². The minimum absolute atomic E-state index is 0.183. The summed E-state index contributed by atoms with van der Waals surface area (Å²) in [6.45, 7) is 6.24. The SMILES string of the molecule is CC1(C)NCCN(Cc2ccccc2)C1=O. The summed E-state index contributed by atoms with van der Waals surface area (Å²) in [5.41, 5.74) is 0.765. The average molecular weight is 218 g/mol. The second-order valence-electron chi connectivity index (χ2n) is 4.76. The van der Waals surface area contributed by atoms with Gasteiger partial charge in [0.2, 0.25) is 5.91 Å². The zero-order valence-electron chi connectivity index (χ0n) is 9.86. The van der Waals surface area contributed by atoms with Gasteiger partial charge in [-0.2, -0.15) is 0 Å². The van der Waals surface area contributed by atoms with Gasteiger partial charge in [-0.25, -0.2) is 0 Å². The summed E-state index contributed by atoms with van der Waals surface area (Å²) in [4.78, 5) is 14.0. The first-order chi connectivity index (χ1) is 7.59. The molecule has 1 N–H and O–H groups in total. The fourth-order valence-electron chi connectivity index (χ4n) is 2.03. The molecule has 86 valence electrons. The lowest BCUT2D eigenvalue weighted by atomic mass is 10.0. The molecule has 2 rings (SSSR count). The van der Waals surface area contributed by atoms with Crippen LogP contribution in [-0.2, 0) is 11.3 Å². The van der Waals surface area contributed by atoms with E-state index in [1.165, 1.54) is 5.56 Å². The van der Waals surface area contributed by atoms with Crippen LogP contribution in [0.5, 0.6) is 0 Å². The van der Waals surface area contributed by atoms with E-state index in [2.05, 4.69) is 17.4 Å². The lowest BCUT2D eigenvalue weighted by Gasteiger charge is -2.38. The first-order valence-electron chi connectivity index (χ1n) is 5.68. The summed E-state index contributed by atoms with van der Waals surface area (Å²) in [6.07, 6.45) is 0. The second kappa shape index (κ2) is 4.26. The largest absolute Gasteiger partial charge is 0.336 e. The Bertz CT molecular complexity index is 373. The maximum Gasteiger partial charge on any atom is 0.242 e. The van der Waals surface area contributed by atoms with E-state index in [0.717, 1.165) is 13.1 Å².